The van der Waals surface area contributed by atoms with Gasteiger partial charge in [0.1, 0.15) is 18.2 Å². The Hall–Kier alpha value is -2.85. The van der Waals surface area contributed by atoms with Crippen LogP contribution in [0.3, 0.4) is 0 Å². The number of ether oxygens (including phenoxy) is 1. The first kappa shape index (κ1) is 22.0. The Bertz CT molecular complexity index is 1020. The zero-order valence-corrected chi connectivity index (χ0v) is 19.3. The van der Waals surface area contributed by atoms with Crippen LogP contribution in [0, 0.1) is 5.82 Å². The van der Waals surface area contributed by atoms with Crippen LogP contribution in [0.4, 0.5) is 10.1 Å². The second-order valence-electron chi connectivity index (χ2n) is 9.18. The molecule has 0 saturated carbocycles. The number of rotatable bonds is 6. The van der Waals surface area contributed by atoms with Crippen LogP contribution in [0.2, 0.25) is 0 Å². The van der Waals surface area contributed by atoms with Crippen LogP contribution in [0.15, 0.2) is 84.0 Å². The summed E-state index contributed by atoms with van der Waals surface area (Å²) in [6.07, 6.45) is 14.7. The molecule has 2 aromatic rings. The molecule has 0 aromatic heterocycles. The number of hydrogen-bond donors (Lipinski definition) is 0. The van der Waals surface area contributed by atoms with Crippen molar-refractivity contribution < 1.29 is 9.13 Å². The monoisotopic (exact) mass is 444 g/mol. The molecule has 0 amide bonds. The van der Waals surface area contributed by atoms with Crippen molar-refractivity contribution in [2.45, 2.75) is 38.1 Å². The van der Waals surface area contributed by atoms with Gasteiger partial charge in [0.25, 0.3) is 0 Å². The maximum Gasteiger partial charge on any atom is 0.123 e. The van der Waals surface area contributed by atoms with Gasteiger partial charge in [0.15, 0.2) is 0 Å². The van der Waals surface area contributed by atoms with Gasteiger partial charge in [-0.3, -0.25) is 4.90 Å². The van der Waals surface area contributed by atoms with E-state index in [4.69, 9.17) is 4.74 Å². The van der Waals surface area contributed by atoms with E-state index < -0.39 is 0 Å². The molecule has 1 fully saturated rings. The molecule has 1 unspecified atom stereocenters. The van der Waals surface area contributed by atoms with E-state index >= 15 is 0 Å². The molecule has 3 nitrogen and oxygen atoms in total. The van der Waals surface area contributed by atoms with Gasteiger partial charge in [-0.15, -0.1) is 0 Å². The molecule has 0 radical (unpaired) electrons. The van der Waals surface area contributed by atoms with Crippen LogP contribution in [0.25, 0.3) is 0 Å². The minimum atomic E-state index is -0.196. The van der Waals surface area contributed by atoms with Crippen molar-refractivity contribution >= 4 is 5.69 Å². The summed E-state index contributed by atoms with van der Waals surface area (Å²) in [7, 11) is 0. The molecule has 1 atom stereocenters. The fourth-order valence-electron chi connectivity index (χ4n) is 5.29. The third-order valence-corrected chi connectivity index (χ3v) is 7.04. The standard InChI is InChI=1S/C29H33FN2O/c30-25-11-13-26(14-12-25)32-20-17-23-7-3-1-4-8-28(23)29(32)24-9-15-27(16-10-24)33-22-21-31-18-5-2-6-19-31/h1,3-4,7,9-16,29H,2,5-6,8,17-22H2. The van der Waals surface area contributed by atoms with E-state index in [0.717, 1.165) is 44.0 Å². The van der Waals surface area contributed by atoms with Gasteiger partial charge in [-0.2, -0.15) is 0 Å². The number of likely N-dealkylation sites (tertiary alicyclic amines) is 1. The van der Waals surface area contributed by atoms with E-state index in [1.54, 1.807) is 12.1 Å². The molecule has 172 valence electrons. The summed E-state index contributed by atoms with van der Waals surface area (Å²) < 4.78 is 19.7. The third kappa shape index (κ3) is 5.22. The highest BCUT2D eigenvalue weighted by Gasteiger charge is 2.30. The van der Waals surface area contributed by atoms with Crippen LogP contribution in [-0.2, 0) is 0 Å². The van der Waals surface area contributed by atoms with Gasteiger partial charge in [-0.05, 0) is 91.9 Å². The molecule has 0 bridgehead atoms. The summed E-state index contributed by atoms with van der Waals surface area (Å²) in [6, 6.07) is 15.6. The van der Waals surface area contributed by atoms with Crippen LogP contribution in [-0.4, -0.2) is 37.7 Å². The third-order valence-electron chi connectivity index (χ3n) is 7.04. The quantitative estimate of drug-likeness (QED) is 0.509. The topological polar surface area (TPSA) is 15.7 Å². The Balaban J connectivity index is 1.35. The lowest BCUT2D eigenvalue weighted by Crippen LogP contribution is -2.35. The minimum Gasteiger partial charge on any atom is -0.492 e. The highest BCUT2D eigenvalue weighted by molar-refractivity contribution is 5.56. The summed E-state index contributed by atoms with van der Waals surface area (Å²) in [5.74, 6) is 0.730. The smallest absolute Gasteiger partial charge is 0.123 e. The predicted molar refractivity (Wildman–Crippen MR) is 133 cm³/mol. The van der Waals surface area contributed by atoms with Crippen LogP contribution in [0.1, 0.15) is 43.7 Å². The summed E-state index contributed by atoms with van der Waals surface area (Å²) in [4.78, 5) is 4.92. The number of halogens is 1. The number of nitrogens with zero attached hydrogens (tertiary/aromatic N) is 2. The molecule has 2 aromatic carbocycles. The number of anilines is 1. The van der Waals surface area contributed by atoms with Gasteiger partial charge >= 0.3 is 0 Å². The van der Waals surface area contributed by atoms with E-state index in [1.807, 2.05) is 12.1 Å². The Morgan fingerprint density at radius 3 is 2.45 bits per heavy atom. The van der Waals surface area contributed by atoms with Gasteiger partial charge in [-0.1, -0.05) is 42.9 Å². The summed E-state index contributed by atoms with van der Waals surface area (Å²) in [6.45, 7) is 5.04. The summed E-state index contributed by atoms with van der Waals surface area (Å²) >= 11 is 0. The molecule has 0 spiro atoms. The first-order valence-corrected chi connectivity index (χ1v) is 12.3. The maximum atomic E-state index is 13.6. The molecule has 0 N–H and O–H groups in total. The zero-order valence-electron chi connectivity index (χ0n) is 19.3. The first-order chi connectivity index (χ1) is 16.3. The van der Waals surface area contributed by atoms with Crippen molar-refractivity contribution in [2.24, 2.45) is 0 Å². The number of hydrogen-bond acceptors (Lipinski definition) is 3. The lowest BCUT2D eigenvalue weighted by molar-refractivity contribution is 0.183. The van der Waals surface area contributed by atoms with Crippen molar-refractivity contribution in [3.63, 3.8) is 0 Å². The van der Waals surface area contributed by atoms with Crippen molar-refractivity contribution in [1.82, 2.24) is 4.90 Å². The molecule has 2 aliphatic heterocycles. The highest BCUT2D eigenvalue weighted by Crippen LogP contribution is 2.42. The van der Waals surface area contributed by atoms with Gasteiger partial charge in [-0.25, -0.2) is 4.39 Å². The minimum absolute atomic E-state index is 0.133. The largest absolute Gasteiger partial charge is 0.492 e. The van der Waals surface area contributed by atoms with Gasteiger partial charge in [0.2, 0.25) is 0 Å². The predicted octanol–water partition coefficient (Wildman–Crippen LogP) is 6.45. The second-order valence-corrected chi connectivity index (χ2v) is 9.18. The van der Waals surface area contributed by atoms with E-state index in [9.17, 15) is 4.39 Å². The molecule has 2 heterocycles. The second kappa shape index (κ2) is 10.4. The van der Waals surface area contributed by atoms with Gasteiger partial charge < -0.3 is 9.64 Å². The summed E-state index contributed by atoms with van der Waals surface area (Å²) in [5.41, 5.74) is 5.16. The van der Waals surface area contributed by atoms with E-state index in [1.165, 1.54) is 49.1 Å². The van der Waals surface area contributed by atoms with Crippen molar-refractivity contribution in [3.05, 3.63) is 95.4 Å². The van der Waals surface area contributed by atoms with Crippen molar-refractivity contribution in [2.75, 3.05) is 37.7 Å². The van der Waals surface area contributed by atoms with Crippen molar-refractivity contribution in [3.8, 4) is 5.75 Å². The van der Waals surface area contributed by atoms with Gasteiger partial charge in [0, 0.05) is 18.8 Å². The Morgan fingerprint density at radius 2 is 1.67 bits per heavy atom. The molecular weight excluding hydrogens is 411 g/mol. The molecule has 1 saturated heterocycles. The molecule has 3 aliphatic rings. The molecular formula is C29H33FN2O. The fraction of sp³-hybridized carbons (Fsp3) is 0.379. The van der Waals surface area contributed by atoms with Crippen molar-refractivity contribution in [1.29, 1.82) is 0 Å². The Kier molecular flexibility index (Phi) is 6.92. The molecule has 33 heavy (non-hydrogen) atoms. The lowest BCUT2D eigenvalue weighted by Gasteiger charge is -2.40. The van der Waals surface area contributed by atoms with E-state index in [0.29, 0.717) is 0 Å². The normalized spacial score (nSPS) is 21.1. The Morgan fingerprint density at radius 1 is 0.879 bits per heavy atom. The maximum absolute atomic E-state index is 13.6. The molecule has 1 aliphatic carbocycles. The van der Waals surface area contributed by atoms with Crippen LogP contribution >= 0.6 is 0 Å². The average molecular weight is 445 g/mol. The number of benzene rings is 2. The summed E-state index contributed by atoms with van der Waals surface area (Å²) in [5, 5.41) is 0. The fourth-order valence-corrected chi connectivity index (χ4v) is 5.29. The zero-order chi connectivity index (χ0) is 22.5. The lowest BCUT2D eigenvalue weighted by atomic mass is 9.86. The first-order valence-electron chi connectivity index (χ1n) is 12.3. The van der Waals surface area contributed by atoms with Crippen LogP contribution in [0.5, 0.6) is 5.75 Å². The average Bonchev–Trinajstić information content (AvgIpc) is 3.11. The van der Waals surface area contributed by atoms with Gasteiger partial charge in [0.05, 0.1) is 6.04 Å². The molecule has 4 heteroatoms. The molecule has 5 rings (SSSR count). The number of piperidine rings is 1. The Labute approximate surface area is 196 Å². The SMILES string of the molecule is Fc1ccc(N2CCC3=C(CC=CC=C3)C2c2ccc(OCCN3CCCCC3)cc2)cc1. The van der Waals surface area contributed by atoms with E-state index in [-0.39, 0.29) is 11.9 Å². The highest BCUT2D eigenvalue weighted by atomic mass is 19.1. The van der Waals surface area contributed by atoms with E-state index in [2.05, 4.69) is 58.4 Å². The number of allylic oxidation sites excluding steroid dienone is 4. The van der Waals surface area contributed by atoms with Crippen LogP contribution < -0.4 is 9.64 Å².